The Bertz CT molecular complexity index is 294. The van der Waals surface area contributed by atoms with Crippen LogP contribution in [0.2, 0.25) is 0 Å². The van der Waals surface area contributed by atoms with Gasteiger partial charge in [0, 0.05) is 7.11 Å². The summed E-state index contributed by atoms with van der Waals surface area (Å²) >= 11 is 0. The van der Waals surface area contributed by atoms with Gasteiger partial charge in [-0.15, -0.1) is 0 Å². The number of carbonyl (C=O) groups is 1. The van der Waals surface area contributed by atoms with Crippen LogP contribution in [0.25, 0.3) is 0 Å². The van der Waals surface area contributed by atoms with Gasteiger partial charge in [0.2, 0.25) is 0 Å². The Balaban J connectivity index is 2.78. The smallest absolute Gasteiger partial charge is 0.313 e. The van der Waals surface area contributed by atoms with E-state index in [-0.39, 0.29) is 0 Å². The molecule has 3 nitrogen and oxygen atoms in total. The maximum atomic E-state index is 11.2. The lowest BCUT2D eigenvalue weighted by Crippen LogP contribution is -2.42. The topological polar surface area (TPSA) is 46.5 Å². The van der Waals surface area contributed by atoms with E-state index in [0.29, 0.717) is 0 Å². The zero-order chi connectivity index (χ0) is 12.0. The van der Waals surface area contributed by atoms with Gasteiger partial charge < -0.3 is 9.84 Å². The van der Waals surface area contributed by atoms with Gasteiger partial charge in [-0.1, -0.05) is 50.5 Å². The van der Waals surface area contributed by atoms with Crippen LogP contribution in [0.4, 0.5) is 0 Å². The Morgan fingerprint density at radius 1 is 1.44 bits per heavy atom. The minimum Gasteiger partial charge on any atom is -0.481 e. The van der Waals surface area contributed by atoms with Gasteiger partial charge in [0.15, 0.2) is 0 Å². The molecular formula is C13H20O3. The molecule has 0 radical (unpaired) electrons. The molecule has 0 bridgehead atoms. The quantitative estimate of drug-likeness (QED) is 0.706. The number of ether oxygens (including phenoxy) is 1. The minimum absolute atomic E-state index is 0.570. The SMILES string of the molecule is CCCCCC1(OC)C=CC=CC1C(=O)O. The fourth-order valence-electron chi connectivity index (χ4n) is 2.14. The average molecular weight is 224 g/mol. The summed E-state index contributed by atoms with van der Waals surface area (Å²) < 4.78 is 5.48. The molecule has 1 rings (SSSR count). The minimum atomic E-state index is -0.820. The molecule has 3 heteroatoms. The maximum Gasteiger partial charge on any atom is 0.313 e. The predicted molar refractivity (Wildman–Crippen MR) is 63.3 cm³/mol. The van der Waals surface area contributed by atoms with Crippen molar-refractivity contribution >= 4 is 5.97 Å². The molecule has 1 aliphatic rings. The molecule has 2 atom stereocenters. The number of hydrogen-bond acceptors (Lipinski definition) is 2. The molecule has 0 heterocycles. The zero-order valence-corrected chi connectivity index (χ0v) is 9.98. The van der Waals surface area contributed by atoms with Crippen LogP contribution in [-0.2, 0) is 9.53 Å². The maximum absolute atomic E-state index is 11.2. The number of carboxylic acids is 1. The zero-order valence-electron chi connectivity index (χ0n) is 9.98. The van der Waals surface area contributed by atoms with E-state index in [4.69, 9.17) is 4.74 Å². The van der Waals surface area contributed by atoms with E-state index in [9.17, 15) is 9.90 Å². The molecule has 0 saturated carbocycles. The number of methoxy groups -OCH3 is 1. The van der Waals surface area contributed by atoms with Gasteiger partial charge in [-0.25, -0.2) is 0 Å². The van der Waals surface area contributed by atoms with Gasteiger partial charge in [0.05, 0.1) is 0 Å². The lowest BCUT2D eigenvalue weighted by atomic mass is 9.80. The van der Waals surface area contributed by atoms with Gasteiger partial charge >= 0.3 is 5.97 Å². The molecule has 0 saturated heterocycles. The van der Waals surface area contributed by atoms with Gasteiger partial charge in [-0.3, -0.25) is 4.79 Å². The van der Waals surface area contributed by atoms with Gasteiger partial charge in [0.25, 0.3) is 0 Å². The van der Waals surface area contributed by atoms with E-state index in [1.165, 1.54) is 0 Å². The number of carboxylic acid groups (broad SMARTS) is 1. The van der Waals surface area contributed by atoms with Crippen molar-refractivity contribution in [3.05, 3.63) is 24.3 Å². The first-order valence-corrected chi connectivity index (χ1v) is 5.80. The largest absolute Gasteiger partial charge is 0.481 e. The second kappa shape index (κ2) is 5.85. The lowest BCUT2D eigenvalue weighted by Gasteiger charge is -2.35. The van der Waals surface area contributed by atoms with Crippen molar-refractivity contribution in [1.82, 2.24) is 0 Å². The van der Waals surface area contributed by atoms with Gasteiger partial charge in [-0.2, -0.15) is 0 Å². The van der Waals surface area contributed by atoms with Crippen LogP contribution >= 0.6 is 0 Å². The summed E-state index contributed by atoms with van der Waals surface area (Å²) in [6.07, 6.45) is 11.2. The van der Waals surface area contributed by atoms with E-state index < -0.39 is 17.5 Å². The number of allylic oxidation sites excluding steroid dienone is 2. The lowest BCUT2D eigenvalue weighted by molar-refractivity contribution is -0.148. The van der Waals surface area contributed by atoms with Crippen LogP contribution in [0, 0.1) is 5.92 Å². The average Bonchev–Trinajstić information content (AvgIpc) is 2.29. The third-order valence-corrected chi connectivity index (χ3v) is 3.14. The second-order valence-electron chi connectivity index (χ2n) is 4.18. The Morgan fingerprint density at radius 2 is 2.19 bits per heavy atom. The fourth-order valence-corrected chi connectivity index (χ4v) is 2.14. The first-order valence-electron chi connectivity index (χ1n) is 5.80. The van der Waals surface area contributed by atoms with Crippen molar-refractivity contribution in [3.8, 4) is 0 Å². The Morgan fingerprint density at radius 3 is 2.75 bits per heavy atom. The Kier molecular flexibility index (Phi) is 4.74. The van der Waals surface area contributed by atoms with E-state index in [1.807, 2.05) is 12.2 Å². The first kappa shape index (κ1) is 13.0. The third kappa shape index (κ3) is 2.73. The van der Waals surface area contributed by atoms with Crippen molar-refractivity contribution in [2.45, 2.75) is 38.2 Å². The van der Waals surface area contributed by atoms with Crippen LogP contribution in [0.5, 0.6) is 0 Å². The molecule has 0 aliphatic heterocycles. The molecule has 0 spiro atoms. The van der Waals surface area contributed by atoms with E-state index in [1.54, 1.807) is 19.3 Å². The van der Waals surface area contributed by atoms with E-state index in [2.05, 4.69) is 6.92 Å². The molecule has 0 fully saturated rings. The standard InChI is InChI=1S/C13H20O3/c1-3-4-6-9-13(16-2)10-7-5-8-11(13)12(14)15/h5,7-8,10-11H,3-4,6,9H2,1-2H3,(H,14,15). The summed E-state index contributed by atoms with van der Waals surface area (Å²) in [7, 11) is 1.59. The molecule has 0 aromatic rings. The van der Waals surface area contributed by atoms with Crippen molar-refractivity contribution in [2.24, 2.45) is 5.92 Å². The van der Waals surface area contributed by atoms with Crippen LogP contribution < -0.4 is 0 Å². The summed E-state index contributed by atoms with van der Waals surface area (Å²) in [5.41, 5.74) is -0.657. The number of unbranched alkanes of at least 4 members (excludes halogenated alkanes) is 2. The van der Waals surface area contributed by atoms with Gasteiger partial charge in [-0.05, 0) is 6.42 Å². The number of hydrogen-bond donors (Lipinski definition) is 1. The number of aliphatic carboxylic acids is 1. The van der Waals surface area contributed by atoms with Crippen LogP contribution in [0.15, 0.2) is 24.3 Å². The summed E-state index contributed by atoms with van der Waals surface area (Å²) in [5, 5.41) is 9.20. The second-order valence-corrected chi connectivity index (χ2v) is 4.18. The highest BCUT2D eigenvalue weighted by Crippen LogP contribution is 2.33. The molecule has 1 N–H and O–H groups in total. The molecule has 0 amide bonds. The highest BCUT2D eigenvalue weighted by Gasteiger charge is 2.40. The third-order valence-electron chi connectivity index (χ3n) is 3.14. The highest BCUT2D eigenvalue weighted by atomic mass is 16.5. The fraction of sp³-hybridized carbons (Fsp3) is 0.615. The molecule has 2 unspecified atom stereocenters. The van der Waals surface area contributed by atoms with Crippen LogP contribution in [0.1, 0.15) is 32.6 Å². The first-order chi connectivity index (χ1) is 7.66. The predicted octanol–water partition coefficient (Wildman–Crippen LogP) is 2.78. The summed E-state index contributed by atoms with van der Waals surface area (Å²) in [5.74, 6) is -1.39. The molecular weight excluding hydrogens is 204 g/mol. The molecule has 16 heavy (non-hydrogen) atoms. The van der Waals surface area contributed by atoms with E-state index >= 15 is 0 Å². The summed E-state index contributed by atoms with van der Waals surface area (Å²) in [6.45, 7) is 2.13. The number of rotatable bonds is 6. The van der Waals surface area contributed by atoms with Crippen molar-refractivity contribution in [3.63, 3.8) is 0 Å². The van der Waals surface area contributed by atoms with Gasteiger partial charge in [0.1, 0.15) is 11.5 Å². The summed E-state index contributed by atoms with van der Waals surface area (Å²) in [6, 6.07) is 0. The van der Waals surface area contributed by atoms with E-state index in [0.717, 1.165) is 25.7 Å². The molecule has 0 aromatic heterocycles. The summed E-state index contributed by atoms with van der Waals surface area (Å²) in [4.78, 5) is 11.2. The van der Waals surface area contributed by atoms with Crippen molar-refractivity contribution in [2.75, 3.05) is 7.11 Å². The molecule has 1 aliphatic carbocycles. The van der Waals surface area contributed by atoms with Crippen molar-refractivity contribution < 1.29 is 14.6 Å². The van der Waals surface area contributed by atoms with Crippen LogP contribution in [0.3, 0.4) is 0 Å². The normalized spacial score (nSPS) is 28.2. The molecule has 90 valence electrons. The van der Waals surface area contributed by atoms with Crippen LogP contribution in [-0.4, -0.2) is 23.8 Å². The Labute approximate surface area is 96.8 Å². The molecule has 0 aromatic carbocycles. The van der Waals surface area contributed by atoms with Crippen molar-refractivity contribution in [1.29, 1.82) is 0 Å². The Hall–Kier alpha value is -1.09. The monoisotopic (exact) mass is 224 g/mol. The highest BCUT2D eigenvalue weighted by molar-refractivity contribution is 5.75.